The van der Waals surface area contributed by atoms with Gasteiger partial charge in [-0.25, -0.2) is 8.42 Å². The predicted octanol–water partition coefficient (Wildman–Crippen LogP) is 4.33. The molecular formula is C20H19F3N4O3S2. The van der Waals surface area contributed by atoms with Crippen molar-refractivity contribution in [3.8, 4) is 10.6 Å². The van der Waals surface area contributed by atoms with Gasteiger partial charge in [-0.05, 0) is 32.0 Å². The Labute approximate surface area is 187 Å². The standard InChI is InChI=1S/C20H19F3N4O3S2/c1-12-7-9-14(10-8-12)18-25-26-19(31-18)24-17(28)13(2)27(32(3,29)30)16-6-4-5-15(11-16)20(21,22)23/h4-11,13H,1-3H3,(H,24,26,28)/t13-/m0/s1. The van der Waals surface area contributed by atoms with Crippen LogP contribution < -0.4 is 9.62 Å². The SMILES string of the molecule is Cc1ccc(-c2nnc(NC(=O)[C@H](C)N(c3cccc(C(F)(F)F)c3)S(C)(=O)=O)s2)cc1. The Bertz CT molecular complexity index is 1230. The van der Waals surface area contributed by atoms with Crippen molar-refractivity contribution in [1.82, 2.24) is 10.2 Å². The Hall–Kier alpha value is -2.99. The lowest BCUT2D eigenvalue weighted by Gasteiger charge is -2.28. The molecular weight excluding hydrogens is 465 g/mol. The summed E-state index contributed by atoms with van der Waals surface area (Å²) in [6, 6.07) is 9.94. The van der Waals surface area contributed by atoms with Crippen LogP contribution in [0.5, 0.6) is 0 Å². The van der Waals surface area contributed by atoms with E-state index in [-0.39, 0.29) is 10.8 Å². The fourth-order valence-corrected chi connectivity index (χ4v) is 4.84. The van der Waals surface area contributed by atoms with E-state index in [0.717, 1.165) is 40.9 Å². The van der Waals surface area contributed by atoms with Gasteiger partial charge in [-0.2, -0.15) is 13.2 Å². The number of halogens is 3. The summed E-state index contributed by atoms with van der Waals surface area (Å²) in [5, 5.41) is 11.1. The molecule has 1 atom stereocenters. The summed E-state index contributed by atoms with van der Waals surface area (Å²) in [5.41, 5.74) is 0.560. The zero-order valence-corrected chi connectivity index (χ0v) is 18.8. The van der Waals surface area contributed by atoms with Gasteiger partial charge in [-0.1, -0.05) is 47.2 Å². The second-order valence-corrected chi connectivity index (χ2v) is 9.89. The third-order valence-electron chi connectivity index (χ3n) is 4.47. The van der Waals surface area contributed by atoms with Crippen LogP contribution in [0.3, 0.4) is 0 Å². The van der Waals surface area contributed by atoms with Crippen molar-refractivity contribution >= 4 is 38.1 Å². The number of alkyl halides is 3. The highest BCUT2D eigenvalue weighted by Crippen LogP contribution is 2.33. The Balaban J connectivity index is 1.84. The fourth-order valence-electron chi connectivity index (χ4n) is 2.92. The van der Waals surface area contributed by atoms with Gasteiger partial charge in [0.2, 0.25) is 21.1 Å². The van der Waals surface area contributed by atoms with E-state index in [1.54, 1.807) is 0 Å². The number of carbonyl (C=O) groups is 1. The number of anilines is 2. The first kappa shape index (κ1) is 23.7. The zero-order valence-electron chi connectivity index (χ0n) is 17.2. The quantitative estimate of drug-likeness (QED) is 0.563. The average molecular weight is 485 g/mol. The van der Waals surface area contributed by atoms with E-state index in [4.69, 9.17) is 0 Å². The summed E-state index contributed by atoms with van der Waals surface area (Å²) in [6.07, 6.45) is -3.85. The molecule has 0 aliphatic carbocycles. The first-order chi connectivity index (χ1) is 14.9. The van der Waals surface area contributed by atoms with Crippen LogP contribution in [-0.4, -0.2) is 36.8 Å². The van der Waals surface area contributed by atoms with E-state index in [1.807, 2.05) is 31.2 Å². The highest BCUT2D eigenvalue weighted by atomic mass is 32.2. The topological polar surface area (TPSA) is 92.3 Å². The van der Waals surface area contributed by atoms with E-state index >= 15 is 0 Å². The molecule has 0 radical (unpaired) electrons. The summed E-state index contributed by atoms with van der Waals surface area (Å²) in [6.45, 7) is 3.22. The van der Waals surface area contributed by atoms with Crippen molar-refractivity contribution in [2.75, 3.05) is 15.9 Å². The molecule has 1 heterocycles. The molecule has 170 valence electrons. The molecule has 0 aliphatic rings. The maximum Gasteiger partial charge on any atom is 0.416 e. The van der Waals surface area contributed by atoms with Gasteiger partial charge in [0, 0.05) is 5.56 Å². The third-order valence-corrected chi connectivity index (χ3v) is 6.60. The van der Waals surface area contributed by atoms with Crippen LogP contribution in [0, 0.1) is 6.92 Å². The zero-order chi connectivity index (χ0) is 23.7. The van der Waals surface area contributed by atoms with Gasteiger partial charge < -0.3 is 0 Å². The maximum absolute atomic E-state index is 13.1. The van der Waals surface area contributed by atoms with E-state index in [9.17, 15) is 26.4 Å². The molecule has 3 aromatic rings. The van der Waals surface area contributed by atoms with Crippen molar-refractivity contribution in [2.45, 2.75) is 26.1 Å². The Morgan fingerprint density at radius 1 is 1.12 bits per heavy atom. The normalized spacial score (nSPS) is 12.9. The monoisotopic (exact) mass is 484 g/mol. The Kier molecular flexibility index (Phi) is 6.56. The number of hydrogen-bond donors (Lipinski definition) is 1. The third kappa shape index (κ3) is 5.43. The molecule has 2 aromatic carbocycles. The molecule has 7 nitrogen and oxygen atoms in total. The number of rotatable bonds is 6. The molecule has 12 heteroatoms. The van der Waals surface area contributed by atoms with Crippen molar-refractivity contribution in [2.24, 2.45) is 0 Å². The lowest BCUT2D eigenvalue weighted by molar-refractivity contribution is -0.137. The number of aryl methyl sites for hydroxylation is 1. The lowest BCUT2D eigenvalue weighted by atomic mass is 10.2. The minimum absolute atomic E-state index is 0.134. The minimum atomic E-state index is -4.66. The van der Waals surface area contributed by atoms with Crippen LogP contribution >= 0.6 is 11.3 Å². The molecule has 1 amide bonds. The number of nitrogens with zero attached hydrogens (tertiary/aromatic N) is 3. The van der Waals surface area contributed by atoms with Gasteiger partial charge in [0.15, 0.2) is 0 Å². The molecule has 0 saturated heterocycles. The molecule has 0 fully saturated rings. The van der Waals surface area contributed by atoms with Crippen molar-refractivity contribution in [1.29, 1.82) is 0 Å². The highest BCUT2D eigenvalue weighted by Gasteiger charge is 2.34. The molecule has 0 aliphatic heterocycles. The van der Waals surface area contributed by atoms with Crippen LogP contribution in [-0.2, 0) is 21.0 Å². The number of benzene rings is 2. The van der Waals surface area contributed by atoms with Crippen molar-refractivity contribution < 1.29 is 26.4 Å². The summed E-state index contributed by atoms with van der Waals surface area (Å²) in [7, 11) is -4.09. The van der Waals surface area contributed by atoms with Crippen LogP contribution in [0.4, 0.5) is 24.0 Å². The number of carbonyl (C=O) groups excluding carboxylic acids is 1. The van der Waals surface area contributed by atoms with Crippen LogP contribution in [0.2, 0.25) is 0 Å². The maximum atomic E-state index is 13.1. The first-order valence-electron chi connectivity index (χ1n) is 9.24. The van der Waals surface area contributed by atoms with Crippen LogP contribution in [0.15, 0.2) is 48.5 Å². The second kappa shape index (κ2) is 8.87. The Morgan fingerprint density at radius 2 is 1.78 bits per heavy atom. The number of sulfonamides is 1. The first-order valence-corrected chi connectivity index (χ1v) is 11.9. The second-order valence-electron chi connectivity index (χ2n) is 7.05. The molecule has 0 bridgehead atoms. The van der Waals surface area contributed by atoms with Crippen molar-refractivity contribution in [3.63, 3.8) is 0 Å². The van der Waals surface area contributed by atoms with E-state index in [0.29, 0.717) is 15.4 Å². The average Bonchev–Trinajstić information content (AvgIpc) is 3.15. The molecule has 32 heavy (non-hydrogen) atoms. The van der Waals surface area contributed by atoms with Crippen molar-refractivity contribution in [3.05, 3.63) is 59.7 Å². The highest BCUT2D eigenvalue weighted by molar-refractivity contribution is 7.92. The number of hydrogen-bond acceptors (Lipinski definition) is 6. The van der Waals surface area contributed by atoms with Gasteiger partial charge in [0.25, 0.3) is 0 Å². The van der Waals surface area contributed by atoms with Gasteiger partial charge in [-0.15, -0.1) is 10.2 Å². The Morgan fingerprint density at radius 3 is 2.38 bits per heavy atom. The van der Waals surface area contributed by atoms with Gasteiger partial charge in [0.1, 0.15) is 11.0 Å². The fraction of sp³-hybridized carbons (Fsp3) is 0.250. The number of aromatic nitrogens is 2. The predicted molar refractivity (Wildman–Crippen MR) is 117 cm³/mol. The van der Waals surface area contributed by atoms with E-state index in [2.05, 4.69) is 15.5 Å². The summed E-state index contributed by atoms with van der Waals surface area (Å²) in [5.74, 6) is -0.764. The van der Waals surface area contributed by atoms with Gasteiger partial charge in [0.05, 0.1) is 17.5 Å². The summed E-state index contributed by atoms with van der Waals surface area (Å²) >= 11 is 1.09. The number of nitrogens with one attached hydrogen (secondary N) is 1. The number of amides is 1. The molecule has 0 spiro atoms. The molecule has 0 saturated carbocycles. The largest absolute Gasteiger partial charge is 0.416 e. The smallest absolute Gasteiger partial charge is 0.299 e. The van der Waals surface area contributed by atoms with Crippen LogP contribution in [0.25, 0.3) is 10.6 Å². The lowest BCUT2D eigenvalue weighted by Crippen LogP contribution is -2.45. The van der Waals surface area contributed by atoms with Gasteiger partial charge in [-0.3, -0.25) is 14.4 Å². The molecule has 1 N–H and O–H groups in total. The van der Waals surface area contributed by atoms with E-state index in [1.165, 1.54) is 13.0 Å². The van der Waals surface area contributed by atoms with Crippen LogP contribution in [0.1, 0.15) is 18.1 Å². The summed E-state index contributed by atoms with van der Waals surface area (Å²) < 4.78 is 64.6. The molecule has 0 unspecified atom stereocenters. The van der Waals surface area contributed by atoms with Gasteiger partial charge >= 0.3 is 6.18 Å². The minimum Gasteiger partial charge on any atom is -0.299 e. The summed E-state index contributed by atoms with van der Waals surface area (Å²) in [4.78, 5) is 12.7. The molecule has 3 rings (SSSR count). The van der Waals surface area contributed by atoms with E-state index < -0.39 is 33.7 Å². The molecule has 1 aromatic heterocycles.